The van der Waals surface area contributed by atoms with Gasteiger partial charge in [0.1, 0.15) is 0 Å². The van der Waals surface area contributed by atoms with Crippen LogP contribution in [0.3, 0.4) is 0 Å². The molecule has 0 amide bonds. The molecule has 0 atom stereocenters. The van der Waals surface area contributed by atoms with Crippen LogP contribution < -0.4 is 5.32 Å². The van der Waals surface area contributed by atoms with Crippen LogP contribution in [0.1, 0.15) is 0 Å². The van der Waals surface area contributed by atoms with Crippen molar-refractivity contribution in [1.29, 1.82) is 0 Å². The quantitative estimate of drug-likeness (QED) is 0.341. The molecule has 1 heterocycles. The number of rotatable bonds is 0. The fraction of sp³-hybridized carbons (Fsp3) is 0.667. The molecule has 1 N–H and O–H groups in total. The van der Waals surface area contributed by atoms with Crippen molar-refractivity contribution in [2.45, 2.75) is 0 Å². The Morgan fingerprint density at radius 2 is 2.71 bits per heavy atom. The lowest BCUT2D eigenvalue weighted by Crippen LogP contribution is -2.17. The normalized spacial score (nSPS) is 18.1. The van der Waals surface area contributed by atoms with E-state index < -0.39 is 0 Å². The van der Waals surface area contributed by atoms with Crippen LogP contribution in [0, 0.1) is 0 Å². The van der Waals surface area contributed by atoms with Crippen LogP contribution in [-0.4, -0.2) is 19.1 Å². The van der Waals surface area contributed by atoms with E-state index in [1.54, 1.807) is 0 Å². The van der Waals surface area contributed by atoms with Crippen molar-refractivity contribution in [3.63, 3.8) is 0 Å². The average Bonchev–Trinajstić information content (AvgIpc) is 2.14. The molecule has 0 radical (unpaired) electrons. The van der Waals surface area contributed by atoms with Crippen LogP contribution in [0.15, 0.2) is 4.99 Å². The van der Waals surface area contributed by atoms with Gasteiger partial charge in [0.05, 0.1) is 6.54 Å². The number of thiol groups is 1. The molecule has 1 aliphatic heterocycles. The summed E-state index contributed by atoms with van der Waals surface area (Å²) in [6.07, 6.45) is 0. The number of nitrogens with zero attached hydrogens (tertiary/aromatic N) is 1. The van der Waals surface area contributed by atoms with Crippen molar-refractivity contribution < 1.29 is 4.18 Å². The van der Waals surface area contributed by atoms with Gasteiger partial charge in [-0.25, -0.2) is 4.99 Å². The Labute approximate surface area is 47.4 Å². The second-order valence-corrected chi connectivity index (χ2v) is 1.39. The lowest BCUT2D eigenvalue weighted by molar-refractivity contribution is 0.627. The van der Waals surface area contributed by atoms with Crippen LogP contribution in [0.2, 0.25) is 0 Å². The van der Waals surface area contributed by atoms with E-state index in [1.165, 1.54) is 0 Å². The third-order valence-corrected chi connectivity index (χ3v) is 0.903. The Morgan fingerprint density at radius 1 is 1.86 bits per heavy atom. The minimum Gasteiger partial charge on any atom is -0.394 e. The predicted octanol–water partition coefficient (Wildman–Crippen LogP) is -0.193. The lowest BCUT2D eigenvalue weighted by atomic mass is 10.7. The summed E-state index contributed by atoms with van der Waals surface area (Å²) in [6.45, 7) is 1.67. The van der Waals surface area contributed by atoms with Gasteiger partial charge < -0.3 is 9.50 Å². The highest BCUT2D eigenvalue weighted by Gasteiger charge is 2.01. The maximum Gasteiger partial charge on any atom is 0.296 e. The van der Waals surface area contributed by atoms with E-state index in [0.29, 0.717) is 6.02 Å². The Morgan fingerprint density at radius 3 is 3.00 bits per heavy atom. The summed E-state index contributed by atoms with van der Waals surface area (Å²) < 4.78 is 4.44. The van der Waals surface area contributed by atoms with E-state index in [4.69, 9.17) is 0 Å². The highest BCUT2D eigenvalue weighted by atomic mass is 32.1. The highest BCUT2D eigenvalue weighted by Crippen LogP contribution is 1.87. The number of hydrogen-bond acceptors (Lipinski definition) is 4. The maximum absolute atomic E-state index is 4.44. The number of aliphatic imine (C=N–C) groups is 1. The molecule has 40 valence electrons. The van der Waals surface area contributed by atoms with Gasteiger partial charge in [-0.2, -0.15) is 0 Å². The predicted molar refractivity (Wildman–Crippen MR) is 30.4 cm³/mol. The first kappa shape index (κ1) is 4.77. The summed E-state index contributed by atoms with van der Waals surface area (Å²) in [7, 11) is 0. The van der Waals surface area contributed by atoms with Crippen LogP contribution in [0.4, 0.5) is 0 Å². The molecule has 0 aromatic heterocycles. The zero-order chi connectivity index (χ0) is 5.11. The largest absolute Gasteiger partial charge is 0.394 e. The molecule has 0 saturated carbocycles. The SMILES string of the molecule is SOC1=NCCN1. The van der Waals surface area contributed by atoms with Gasteiger partial charge in [0.15, 0.2) is 0 Å². The fourth-order valence-electron chi connectivity index (χ4n) is 0.437. The van der Waals surface area contributed by atoms with Gasteiger partial charge in [-0.1, -0.05) is 0 Å². The van der Waals surface area contributed by atoms with Gasteiger partial charge in [0.25, 0.3) is 6.02 Å². The minimum atomic E-state index is 0.531. The summed E-state index contributed by atoms with van der Waals surface area (Å²) >= 11 is 3.52. The van der Waals surface area contributed by atoms with E-state index in [2.05, 4.69) is 27.4 Å². The summed E-state index contributed by atoms with van der Waals surface area (Å²) in [5, 5.41) is 2.86. The molecule has 0 aliphatic carbocycles. The molecule has 0 aromatic carbocycles. The third kappa shape index (κ3) is 0.991. The van der Waals surface area contributed by atoms with Crippen LogP contribution in [0.5, 0.6) is 0 Å². The Hall–Kier alpha value is -0.380. The molecule has 7 heavy (non-hydrogen) atoms. The summed E-state index contributed by atoms with van der Waals surface area (Å²) in [5.74, 6) is 0. The monoisotopic (exact) mass is 118 g/mol. The van der Waals surface area contributed by atoms with Gasteiger partial charge in [-0.15, -0.1) is 0 Å². The van der Waals surface area contributed by atoms with Crippen molar-refractivity contribution in [3.05, 3.63) is 0 Å². The van der Waals surface area contributed by atoms with Crippen molar-refractivity contribution in [3.8, 4) is 0 Å². The number of nitrogens with one attached hydrogen (secondary N) is 1. The molecule has 1 aliphatic rings. The topological polar surface area (TPSA) is 33.6 Å². The first-order chi connectivity index (χ1) is 3.43. The number of amidine groups is 1. The summed E-state index contributed by atoms with van der Waals surface area (Å²) in [6, 6.07) is 0.531. The van der Waals surface area contributed by atoms with Crippen molar-refractivity contribution in [2.75, 3.05) is 13.1 Å². The van der Waals surface area contributed by atoms with E-state index in [0.717, 1.165) is 13.1 Å². The molecule has 0 unspecified atom stereocenters. The van der Waals surface area contributed by atoms with Gasteiger partial charge in [0, 0.05) is 19.5 Å². The lowest BCUT2D eigenvalue weighted by Gasteiger charge is -1.92. The zero-order valence-electron chi connectivity index (χ0n) is 3.72. The minimum absolute atomic E-state index is 0.531. The van der Waals surface area contributed by atoms with E-state index in [1.807, 2.05) is 0 Å². The second kappa shape index (κ2) is 2.07. The standard InChI is InChI=1S/C3H6N2OS/c7-6-3-4-1-2-5-3/h7H,1-2H2,(H,4,5). The molecule has 3 nitrogen and oxygen atoms in total. The highest BCUT2D eigenvalue weighted by molar-refractivity contribution is 7.75. The molecule has 0 fully saturated rings. The Balaban J connectivity index is 2.36. The molecule has 4 heteroatoms. The maximum atomic E-state index is 4.44. The fourth-order valence-corrected chi connectivity index (χ4v) is 0.560. The smallest absolute Gasteiger partial charge is 0.296 e. The van der Waals surface area contributed by atoms with Crippen LogP contribution in [0.25, 0.3) is 0 Å². The van der Waals surface area contributed by atoms with Crippen LogP contribution in [-0.2, 0) is 4.18 Å². The summed E-state index contributed by atoms with van der Waals surface area (Å²) in [5.41, 5.74) is 0. The Bertz CT molecular complexity index is 92.9. The second-order valence-electron chi connectivity index (χ2n) is 1.20. The average molecular weight is 118 g/mol. The molecule has 1 rings (SSSR count). The first-order valence-electron chi connectivity index (χ1n) is 2.03. The molecular formula is C3H6N2OS. The zero-order valence-corrected chi connectivity index (χ0v) is 4.61. The van der Waals surface area contributed by atoms with Crippen molar-refractivity contribution in [1.82, 2.24) is 5.32 Å². The molecular weight excluding hydrogens is 112 g/mol. The van der Waals surface area contributed by atoms with E-state index >= 15 is 0 Å². The van der Waals surface area contributed by atoms with Gasteiger partial charge >= 0.3 is 0 Å². The molecule has 0 spiro atoms. The molecule has 0 bridgehead atoms. The van der Waals surface area contributed by atoms with Gasteiger partial charge in [0.2, 0.25) is 0 Å². The number of hydrogen-bond donors (Lipinski definition) is 2. The van der Waals surface area contributed by atoms with E-state index in [9.17, 15) is 0 Å². The van der Waals surface area contributed by atoms with Gasteiger partial charge in [-0.05, 0) is 0 Å². The first-order valence-corrected chi connectivity index (χ1v) is 2.40. The van der Waals surface area contributed by atoms with Crippen molar-refractivity contribution >= 4 is 18.9 Å². The van der Waals surface area contributed by atoms with Crippen LogP contribution >= 0.6 is 12.9 Å². The Kier molecular flexibility index (Phi) is 1.41. The third-order valence-electron chi connectivity index (χ3n) is 0.730. The molecule has 0 saturated heterocycles. The molecule has 0 aromatic rings. The van der Waals surface area contributed by atoms with E-state index in [-0.39, 0.29) is 0 Å². The van der Waals surface area contributed by atoms with Crippen molar-refractivity contribution in [2.24, 2.45) is 4.99 Å². The summed E-state index contributed by atoms with van der Waals surface area (Å²) in [4.78, 5) is 3.86. The van der Waals surface area contributed by atoms with Gasteiger partial charge in [-0.3, -0.25) is 0 Å².